The van der Waals surface area contributed by atoms with E-state index in [0.717, 1.165) is 19.3 Å². The fourth-order valence-electron chi connectivity index (χ4n) is 4.12. The molecule has 0 amide bonds. The van der Waals surface area contributed by atoms with Crippen LogP contribution in [0.1, 0.15) is 91.0 Å². The summed E-state index contributed by atoms with van der Waals surface area (Å²) < 4.78 is 21.6. The molecule has 206 valence electrons. The highest BCUT2D eigenvalue weighted by Crippen LogP contribution is 2.32. The molecule has 1 fully saturated rings. The van der Waals surface area contributed by atoms with Crippen LogP contribution in [-0.2, 0) is 30.3 Å². The van der Waals surface area contributed by atoms with Crippen LogP contribution in [0.25, 0.3) is 0 Å². The lowest BCUT2D eigenvalue weighted by Gasteiger charge is -2.32. The summed E-state index contributed by atoms with van der Waals surface area (Å²) in [5, 5.41) is 13.0. The molecule has 37 heavy (non-hydrogen) atoms. The van der Waals surface area contributed by atoms with Crippen LogP contribution in [0.4, 0.5) is 4.79 Å². The number of rotatable bonds is 13. The number of aliphatic carboxylic acids is 1. The molecule has 0 saturated heterocycles. The highest BCUT2D eigenvalue weighted by Gasteiger charge is 2.45. The minimum Gasteiger partial charge on any atom is -0.477 e. The zero-order valence-electron chi connectivity index (χ0n) is 22.2. The first-order valence-electron chi connectivity index (χ1n) is 13.0. The standard InChI is InChI=1S/C27H39NO9/c1-5-10-23(29)35-21-15-14-19(16-22(21)36-24(30)11-6-2)17-27(25(31)32,28-18(3)4)37-26(33)34-20-12-8-7-9-13-20/h14-16,18,20,28H,5-13,17H2,1-4H3,(H,31,32)/t27-/m0/s1. The van der Waals surface area contributed by atoms with Crippen LogP contribution >= 0.6 is 0 Å². The molecular formula is C27H39NO9. The van der Waals surface area contributed by atoms with Gasteiger partial charge in [-0.2, -0.15) is 0 Å². The third-order valence-corrected chi connectivity index (χ3v) is 5.76. The Kier molecular flexibility index (Phi) is 11.8. The first kappa shape index (κ1) is 30.1. The number of ether oxygens (including phenoxy) is 4. The van der Waals surface area contributed by atoms with Gasteiger partial charge in [-0.3, -0.25) is 14.9 Å². The Morgan fingerprint density at radius 2 is 1.57 bits per heavy atom. The number of carboxylic acids is 1. The van der Waals surface area contributed by atoms with E-state index < -0.39 is 29.8 Å². The summed E-state index contributed by atoms with van der Waals surface area (Å²) in [7, 11) is 0. The molecule has 0 spiro atoms. The average molecular weight is 522 g/mol. The van der Waals surface area contributed by atoms with Crippen LogP contribution in [0.5, 0.6) is 11.5 Å². The molecule has 0 bridgehead atoms. The Morgan fingerprint density at radius 3 is 2.11 bits per heavy atom. The van der Waals surface area contributed by atoms with Crippen LogP contribution in [0.3, 0.4) is 0 Å². The third-order valence-electron chi connectivity index (χ3n) is 5.76. The smallest absolute Gasteiger partial charge is 0.477 e. The van der Waals surface area contributed by atoms with Gasteiger partial charge < -0.3 is 24.1 Å². The van der Waals surface area contributed by atoms with E-state index in [1.807, 2.05) is 13.8 Å². The molecule has 1 aromatic rings. The summed E-state index contributed by atoms with van der Waals surface area (Å²) in [4.78, 5) is 49.4. The van der Waals surface area contributed by atoms with Gasteiger partial charge in [0.2, 0.25) is 0 Å². The van der Waals surface area contributed by atoms with E-state index in [9.17, 15) is 24.3 Å². The SMILES string of the molecule is CCCC(=O)Oc1ccc(C[C@](NC(C)C)(OC(=O)OC2CCCCC2)C(=O)O)cc1OC(=O)CCC. The number of hydrogen-bond donors (Lipinski definition) is 2. The van der Waals surface area contributed by atoms with Crippen LogP contribution < -0.4 is 14.8 Å². The lowest BCUT2D eigenvalue weighted by Crippen LogP contribution is -2.59. The fourth-order valence-corrected chi connectivity index (χ4v) is 4.12. The minimum atomic E-state index is -2.15. The minimum absolute atomic E-state index is 0.0194. The highest BCUT2D eigenvalue weighted by molar-refractivity contribution is 5.81. The van der Waals surface area contributed by atoms with Gasteiger partial charge in [0, 0.05) is 25.3 Å². The number of hydrogen-bond acceptors (Lipinski definition) is 9. The summed E-state index contributed by atoms with van der Waals surface area (Å²) in [5.74, 6) is -2.40. The van der Waals surface area contributed by atoms with Crippen molar-refractivity contribution in [3.05, 3.63) is 23.8 Å². The van der Waals surface area contributed by atoms with E-state index in [0.29, 0.717) is 31.2 Å². The molecule has 10 heteroatoms. The maximum atomic E-state index is 12.6. The quantitative estimate of drug-likeness (QED) is 0.209. The van der Waals surface area contributed by atoms with Gasteiger partial charge in [0.15, 0.2) is 11.5 Å². The number of carboxylic acid groups (broad SMARTS) is 1. The van der Waals surface area contributed by atoms with Crippen LogP contribution in [0.2, 0.25) is 0 Å². The Bertz CT molecular complexity index is 940. The molecule has 0 unspecified atom stereocenters. The molecule has 1 aliphatic rings. The maximum absolute atomic E-state index is 12.6. The molecule has 0 heterocycles. The Hall–Kier alpha value is -3.14. The summed E-state index contributed by atoms with van der Waals surface area (Å²) in [6.45, 7) is 7.10. The van der Waals surface area contributed by atoms with Crippen molar-refractivity contribution < 1.29 is 43.2 Å². The summed E-state index contributed by atoms with van der Waals surface area (Å²) in [5.41, 5.74) is -1.78. The largest absolute Gasteiger partial charge is 0.510 e. The number of carbonyl (C=O) groups is 4. The normalized spacial score (nSPS) is 15.5. The van der Waals surface area contributed by atoms with Gasteiger partial charge in [0.1, 0.15) is 6.10 Å². The summed E-state index contributed by atoms with van der Waals surface area (Å²) in [6.07, 6.45) is 4.13. The first-order chi connectivity index (χ1) is 17.6. The zero-order chi connectivity index (χ0) is 27.4. The molecule has 10 nitrogen and oxygen atoms in total. The molecule has 1 saturated carbocycles. The molecule has 2 N–H and O–H groups in total. The van der Waals surface area contributed by atoms with Gasteiger partial charge in [-0.15, -0.1) is 0 Å². The van der Waals surface area contributed by atoms with Gasteiger partial charge in [-0.25, -0.2) is 9.59 Å². The van der Waals surface area contributed by atoms with E-state index in [-0.39, 0.29) is 42.9 Å². The molecular weight excluding hydrogens is 482 g/mol. The topological polar surface area (TPSA) is 137 Å². The predicted molar refractivity (Wildman–Crippen MR) is 134 cm³/mol. The fraction of sp³-hybridized carbons (Fsp3) is 0.630. The predicted octanol–water partition coefficient (Wildman–Crippen LogP) is 4.90. The van der Waals surface area contributed by atoms with E-state index >= 15 is 0 Å². The van der Waals surface area contributed by atoms with Gasteiger partial charge in [-0.1, -0.05) is 26.3 Å². The van der Waals surface area contributed by atoms with Crippen molar-refractivity contribution in [1.29, 1.82) is 0 Å². The Labute approximate surface area is 218 Å². The van der Waals surface area contributed by atoms with Crippen molar-refractivity contribution in [2.24, 2.45) is 0 Å². The van der Waals surface area contributed by atoms with Crippen molar-refractivity contribution in [3.63, 3.8) is 0 Å². The van der Waals surface area contributed by atoms with Gasteiger partial charge in [0.25, 0.3) is 5.72 Å². The zero-order valence-corrected chi connectivity index (χ0v) is 22.2. The second-order valence-corrected chi connectivity index (χ2v) is 9.57. The van der Waals surface area contributed by atoms with Gasteiger partial charge >= 0.3 is 24.1 Å². The van der Waals surface area contributed by atoms with Gasteiger partial charge in [0.05, 0.1) is 0 Å². The average Bonchev–Trinajstić information content (AvgIpc) is 2.81. The van der Waals surface area contributed by atoms with Crippen molar-refractivity contribution in [2.75, 3.05) is 0 Å². The van der Waals surface area contributed by atoms with E-state index in [2.05, 4.69) is 5.32 Å². The highest BCUT2D eigenvalue weighted by atomic mass is 16.7. The van der Waals surface area contributed by atoms with Crippen molar-refractivity contribution >= 4 is 24.1 Å². The van der Waals surface area contributed by atoms with E-state index in [4.69, 9.17) is 18.9 Å². The molecule has 2 rings (SSSR count). The summed E-state index contributed by atoms with van der Waals surface area (Å²) >= 11 is 0. The van der Waals surface area contributed by atoms with Crippen LogP contribution in [0, 0.1) is 0 Å². The monoisotopic (exact) mass is 521 g/mol. The number of esters is 2. The van der Waals surface area contributed by atoms with E-state index in [1.165, 1.54) is 18.2 Å². The van der Waals surface area contributed by atoms with Crippen molar-refractivity contribution in [3.8, 4) is 11.5 Å². The summed E-state index contributed by atoms with van der Waals surface area (Å²) in [6, 6.07) is 4.01. The number of nitrogens with one attached hydrogen (secondary N) is 1. The van der Waals surface area contributed by atoms with Crippen LogP contribution in [0.15, 0.2) is 18.2 Å². The molecule has 1 aromatic carbocycles. The van der Waals surface area contributed by atoms with Gasteiger partial charge in [-0.05, 0) is 70.1 Å². The van der Waals surface area contributed by atoms with E-state index in [1.54, 1.807) is 13.8 Å². The first-order valence-corrected chi connectivity index (χ1v) is 13.0. The number of carbonyl (C=O) groups excluding carboxylic acids is 3. The lowest BCUT2D eigenvalue weighted by atomic mass is 9.98. The lowest BCUT2D eigenvalue weighted by molar-refractivity contribution is -0.168. The Morgan fingerprint density at radius 1 is 0.973 bits per heavy atom. The Balaban J connectivity index is 2.35. The molecule has 0 aromatic heterocycles. The second kappa shape index (κ2) is 14.6. The second-order valence-electron chi connectivity index (χ2n) is 9.57. The third kappa shape index (κ3) is 9.68. The molecule has 0 aliphatic heterocycles. The molecule has 1 aliphatic carbocycles. The van der Waals surface area contributed by atoms with Crippen molar-refractivity contribution in [1.82, 2.24) is 5.32 Å². The van der Waals surface area contributed by atoms with Crippen LogP contribution in [-0.4, -0.2) is 47.0 Å². The molecule has 1 atom stereocenters. The van der Waals surface area contributed by atoms with Crippen molar-refractivity contribution in [2.45, 2.75) is 110 Å². The molecule has 0 radical (unpaired) electrons. The number of benzene rings is 1. The maximum Gasteiger partial charge on any atom is 0.510 e.